The zero-order chi connectivity index (χ0) is 13.8. The van der Waals surface area contributed by atoms with Crippen molar-refractivity contribution >= 4 is 15.9 Å². The molecule has 4 heteroatoms. The molecule has 1 aromatic carbocycles. The number of hydrogen-bond donors (Lipinski definition) is 1. The molecular weight excluding hydrogens is 304 g/mol. The quantitative estimate of drug-likeness (QED) is 0.927. The zero-order valence-electron chi connectivity index (χ0n) is 11.1. The van der Waals surface area contributed by atoms with E-state index >= 15 is 0 Å². The van der Waals surface area contributed by atoms with Gasteiger partial charge in [-0.25, -0.2) is 0 Å². The summed E-state index contributed by atoms with van der Waals surface area (Å²) >= 11 is 3.49. The van der Waals surface area contributed by atoms with Crippen LogP contribution >= 0.6 is 15.9 Å². The highest BCUT2D eigenvalue weighted by molar-refractivity contribution is 9.10. The minimum absolute atomic E-state index is 0.507. The molecule has 3 nitrogen and oxygen atoms in total. The SMILES string of the molecule is CCc1nc(C)ccc1Oc1ccc(CN)c(Br)c1. The Kier molecular flexibility index (Phi) is 4.56. The van der Waals surface area contributed by atoms with Gasteiger partial charge >= 0.3 is 0 Å². The molecule has 2 N–H and O–H groups in total. The van der Waals surface area contributed by atoms with E-state index in [1.54, 1.807) is 0 Å². The first-order valence-electron chi connectivity index (χ1n) is 6.27. The van der Waals surface area contributed by atoms with E-state index < -0.39 is 0 Å². The van der Waals surface area contributed by atoms with Crippen LogP contribution in [0.3, 0.4) is 0 Å². The van der Waals surface area contributed by atoms with E-state index in [4.69, 9.17) is 10.5 Å². The minimum atomic E-state index is 0.507. The van der Waals surface area contributed by atoms with Crippen molar-refractivity contribution in [3.8, 4) is 11.5 Å². The summed E-state index contributed by atoms with van der Waals surface area (Å²) in [4.78, 5) is 4.49. The Labute approximate surface area is 121 Å². The van der Waals surface area contributed by atoms with Gasteiger partial charge in [-0.15, -0.1) is 0 Å². The lowest BCUT2D eigenvalue weighted by atomic mass is 10.2. The van der Waals surface area contributed by atoms with Gasteiger partial charge in [0.1, 0.15) is 11.5 Å². The fourth-order valence-electron chi connectivity index (χ4n) is 1.83. The topological polar surface area (TPSA) is 48.1 Å². The summed E-state index contributed by atoms with van der Waals surface area (Å²) < 4.78 is 6.87. The van der Waals surface area contributed by atoms with Gasteiger partial charge in [-0.3, -0.25) is 4.98 Å². The maximum atomic E-state index is 5.90. The standard InChI is InChI=1S/C15H17BrN2O/c1-3-14-15(7-4-10(2)18-14)19-12-6-5-11(9-17)13(16)8-12/h4-8H,3,9,17H2,1-2H3. The van der Waals surface area contributed by atoms with E-state index in [0.29, 0.717) is 6.54 Å². The van der Waals surface area contributed by atoms with Crippen LogP contribution in [-0.2, 0) is 13.0 Å². The van der Waals surface area contributed by atoms with Crippen LogP contribution in [-0.4, -0.2) is 4.98 Å². The molecule has 0 amide bonds. The van der Waals surface area contributed by atoms with Gasteiger partial charge in [-0.05, 0) is 43.2 Å². The highest BCUT2D eigenvalue weighted by Gasteiger charge is 2.07. The predicted molar refractivity (Wildman–Crippen MR) is 80.5 cm³/mol. The van der Waals surface area contributed by atoms with Crippen molar-refractivity contribution in [2.75, 3.05) is 0 Å². The lowest BCUT2D eigenvalue weighted by Gasteiger charge is -2.11. The van der Waals surface area contributed by atoms with Crippen molar-refractivity contribution in [1.82, 2.24) is 4.98 Å². The summed E-state index contributed by atoms with van der Waals surface area (Å²) in [7, 11) is 0. The lowest BCUT2D eigenvalue weighted by molar-refractivity contribution is 0.472. The van der Waals surface area contributed by atoms with Gasteiger partial charge in [0.25, 0.3) is 0 Å². The van der Waals surface area contributed by atoms with Crippen LogP contribution in [0, 0.1) is 6.92 Å². The molecule has 0 unspecified atom stereocenters. The van der Waals surface area contributed by atoms with E-state index in [-0.39, 0.29) is 0 Å². The van der Waals surface area contributed by atoms with E-state index in [1.165, 1.54) is 0 Å². The van der Waals surface area contributed by atoms with Crippen molar-refractivity contribution in [3.05, 3.63) is 51.8 Å². The van der Waals surface area contributed by atoms with Crippen LogP contribution in [0.15, 0.2) is 34.8 Å². The van der Waals surface area contributed by atoms with Crippen molar-refractivity contribution in [2.24, 2.45) is 5.73 Å². The van der Waals surface area contributed by atoms with E-state index in [1.807, 2.05) is 37.3 Å². The van der Waals surface area contributed by atoms with Crippen LogP contribution in [0.2, 0.25) is 0 Å². The maximum Gasteiger partial charge on any atom is 0.148 e. The Balaban J connectivity index is 2.28. The Bertz CT molecular complexity index is 584. The van der Waals surface area contributed by atoms with Gasteiger partial charge in [0.05, 0.1) is 5.69 Å². The Morgan fingerprint density at radius 3 is 2.68 bits per heavy atom. The summed E-state index contributed by atoms with van der Waals surface area (Å²) in [5, 5.41) is 0. The average Bonchev–Trinajstić information content (AvgIpc) is 2.41. The van der Waals surface area contributed by atoms with Crippen LogP contribution in [0.1, 0.15) is 23.9 Å². The van der Waals surface area contributed by atoms with Gasteiger partial charge in [0, 0.05) is 16.7 Å². The maximum absolute atomic E-state index is 5.90. The first-order chi connectivity index (χ1) is 9.13. The number of aromatic nitrogens is 1. The number of benzene rings is 1. The molecule has 0 aliphatic rings. The Morgan fingerprint density at radius 1 is 1.26 bits per heavy atom. The summed E-state index contributed by atoms with van der Waals surface area (Å²) in [5.41, 5.74) is 8.67. The van der Waals surface area contributed by atoms with Crippen molar-refractivity contribution < 1.29 is 4.74 Å². The summed E-state index contributed by atoms with van der Waals surface area (Å²) in [6, 6.07) is 9.74. The Morgan fingerprint density at radius 2 is 2.05 bits per heavy atom. The lowest BCUT2D eigenvalue weighted by Crippen LogP contribution is -1.98. The fraction of sp³-hybridized carbons (Fsp3) is 0.267. The molecule has 0 atom stereocenters. The summed E-state index contributed by atoms with van der Waals surface area (Å²) in [6.45, 7) is 4.56. The number of hydrogen-bond acceptors (Lipinski definition) is 3. The number of pyridine rings is 1. The number of nitrogens with two attached hydrogens (primary N) is 1. The summed E-state index contributed by atoms with van der Waals surface area (Å²) in [6.07, 6.45) is 0.846. The molecule has 0 radical (unpaired) electrons. The first kappa shape index (κ1) is 14.0. The van der Waals surface area contributed by atoms with Crippen molar-refractivity contribution in [1.29, 1.82) is 0 Å². The molecule has 2 aromatic rings. The molecule has 2 rings (SSSR count). The third-order valence-electron chi connectivity index (χ3n) is 2.88. The smallest absolute Gasteiger partial charge is 0.148 e. The predicted octanol–water partition coefficient (Wildman–Crippen LogP) is 3.97. The molecule has 0 fully saturated rings. The number of nitrogens with zero attached hydrogens (tertiary/aromatic N) is 1. The highest BCUT2D eigenvalue weighted by Crippen LogP contribution is 2.28. The second-order valence-electron chi connectivity index (χ2n) is 4.31. The van der Waals surface area contributed by atoms with Gasteiger partial charge in [-0.2, -0.15) is 0 Å². The molecule has 100 valence electrons. The second-order valence-corrected chi connectivity index (χ2v) is 5.16. The van der Waals surface area contributed by atoms with Crippen molar-refractivity contribution in [3.63, 3.8) is 0 Å². The monoisotopic (exact) mass is 320 g/mol. The van der Waals surface area contributed by atoms with Crippen molar-refractivity contribution in [2.45, 2.75) is 26.8 Å². The van der Waals surface area contributed by atoms with Gasteiger partial charge in [0.15, 0.2) is 0 Å². The van der Waals surface area contributed by atoms with Crippen LogP contribution < -0.4 is 10.5 Å². The van der Waals surface area contributed by atoms with E-state index in [2.05, 4.69) is 27.8 Å². The second kappa shape index (κ2) is 6.17. The molecule has 0 saturated heterocycles. The fourth-order valence-corrected chi connectivity index (χ4v) is 2.35. The molecule has 0 spiro atoms. The number of ether oxygens (including phenoxy) is 1. The molecule has 1 aromatic heterocycles. The number of rotatable bonds is 4. The van der Waals surface area contributed by atoms with Gasteiger partial charge < -0.3 is 10.5 Å². The van der Waals surface area contributed by atoms with Crippen LogP contribution in [0.5, 0.6) is 11.5 Å². The molecule has 19 heavy (non-hydrogen) atoms. The summed E-state index contributed by atoms with van der Waals surface area (Å²) in [5.74, 6) is 1.59. The molecular formula is C15H17BrN2O. The molecule has 0 aliphatic heterocycles. The zero-order valence-corrected chi connectivity index (χ0v) is 12.7. The van der Waals surface area contributed by atoms with E-state index in [9.17, 15) is 0 Å². The molecule has 1 heterocycles. The Hall–Kier alpha value is -1.39. The largest absolute Gasteiger partial charge is 0.455 e. The molecule has 0 aliphatic carbocycles. The van der Waals surface area contributed by atoms with Gasteiger partial charge in [0.2, 0.25) is 0 Å². The van der Waals surface area contributed by atoms with Crippen LogP contribution in [0.25, 0.3) is 0 Å². The molecule has 0 saturated carbocycles. The number of halogens is 1. The first-order valence-corrected chi connectivity index (χ1v) is 7.06. The third kappa shape index (κ3) is 3.33. The molecule has 0 bridgehead atoms. The van der Waals surface area contributed by atoms with E-state index in [0.717, 1.165) is 39.3 Å². The number of aryl methyl sites for hydroxylation is 2. The minimum Gasteiger partial charge on any atom is -0.455 e. The highest BCUT2D eigenvalue weighted by atomic mass is 79.9. The average molecular weight is 321 g/mol. The third-order valence-corrected chi connectivity index (χ3v) is 3.62. The van der Waals surface area contributed by atoms with Crippen LogP contribution in [0.4, 0.5) is 0 Å². The normalized spacial score (nSPS) is 10.5. The van der Waals surface area contributed by atoms with Gasteiger partial charge in [-0.1, -0.05) is 28.9 Å².